The van der Waals surface area contributed by atoms with E-state index in [4.69, 9.17) is 9.57 Å². The van der Waals surface area contributed by atoms with E-state index < -0.39 is 17.8 Å². The fourth-order valence-electron chi connectivity index (χ4n) is 7.98. The molecule has 1 aliphatic heterocycles. The van der Waals surface area contributed by atoms with Gasteiger partial charge < -0.3 is 9.57 Å². The van der Waals surface area contributed by atoms with Crippen LogP contribution in [0.4, 0.5) is 0 Å². The number of amides is 1. The molecular weight excluding hydrogens is 659 g/mol. The van der Waals surface area contributed by atoms with Gasteiger partial charge in [0.25, 0.3) is 5.91 Å². The van der Waals surface area contributed by atoms with E-state index in [1.54, 1.807) is 0 Å². The SMILES string of the molecule is CCCCCCCCCC[C@H](CCCCCCCC)C/C1=C(\C[C@@H](CCCCCCCC)CCCCCCCCCC)C(=O)NOC(=O)CCC(=O)O1. The van der Waals surface area contributed by atoms with Gasteiger partial charge in [0.15, 0.2) is 0 Å². The molecule has 0 aromatic heterocycles. The lowest BCUT2D eigenvalue weighted by Crippen LogP contribution is -2.32. The van der Waals surface area contributed by atoms with Gasteiger partial charge >= 0.3 is 11.9 Å². The zero-order chi connectivity index (χ0) is 38.6. The predicted molar refractivity (Wildman–Crippen MR) is 223 cm³/mol. The first-order valence-electron chi connectivity index (χ1n) is 23.4. The van der Waals surface area contributed by atoms with Crippen LogP contribution in [0.1, 0.15) is 259 Å². The molecule has 0 aromatic carbocycles. The minimum Gasteiger partial charge on any atom is -0.431 e. The van der Waals surface area contributed by atoms with Crippen molar-refractivity contribution < 1.29 is 24.0 Å². The summed E-state index contributed by atoms with van der Waals surface area (Å²) < 4.78 is 6.16. The molecule has 1 heterocycles. The lowest BCUT2D eigenvalue weighted by Gasteiger charge is -2.24. The summed E-state index contributed by atoms with van der Waals surface area (Å²) in [5.74, 6) is -0.190. The van der Waals surface area contributed by atoms with Crippen molar-refractivity contribution in [3.05, 3.63) is 11.3 Å². The van der Waals surface area contributed by atoms with Gasteiger partial charge in [-0.2, -0.15) is 5.48 Å². The van der Waals surface area contributed by atoms with E-state index in [1.807, 2.05) is 0 Å². The van der Waals surface area contributed by atoms with Gasteiger partial charge in [0.1, 0.15) is 5.76 Å². The number of carbonyl (C=O) groups is 3. The molecule has 6 nitrogen and oxygen atoms in total. The second-order valence-corrected chi connectivity index (χ2v) is 16.6. The molecule has 0 saturated heterocycles. The topological polar surface area (TPSA) is 81.7 Å². The van der Waals surface area contributed by atoms with Crippen molar-refractivity contribution in [2.45, 2.75) is 259 Å². The van der Waals surface area contributed by atoms with Gasteiger partial charge in [-0.3, -0.25) is 9.59 Å². The van der Waals surface area contributed by atoms with Crippen LogP contribution in [0.5, 0.6) is 0 Å². The first-order valence-corrected chi connectivity index (χ1v) is 23.4. The number of rotatable bonds is 36. The first kappa shape index (κ1) is 49.2. The minimum atomic E-state index is -0.601. The molecule has 0 radical (unpaired) electrons. The highest BCUT2D eigenvalue weighted by molar-refractivity contribution is 5.94. The number of allylic oxidation sites excluding steroid dienone is 1. The van der Waals surface area contributed by atoms with Crippen LogP contribution in [-0.2, 0) is 24.0 Å². The van der Waals surface area contributed by atoms with Crippen LogP contribution >= 0.6 is 0 Å². The molecule has 2 atom stereocenters. The fraction of sp³-hybridized carbons (Fsp3) is 0.894. The number of cyclic esters (lactones) is 1. The highest BCUT2D eigenvalue weighted by atomic mass is 16.7. The van der Waals surface area contributed by atoms with Crippen molar-refractivity contribution in [1.29, 1.82) is 0 Å². The average molecular weight is 746 g/mol. The molecule has 1 amide bonds. The molecule has 1 aliphatic rings. The summed E-state index contributed by atoms with van der Waals surface area (Å²) >= 11 is 0. The number of hydroxylamine groups is 1. The van der Waals surface area contributed by atoms with Crippen LogP contribution in [-0.4, -0.2) is 17.8 Å². The maximum Gasteiger partial charge on any atom is 0.332 e. The van der Waals surface area contributed by atoms with E-state index in [0.29, 0.717) is 36.0 Å². The summed E-state index contributed by atoms with van der Waals surface area (Å²) in [6, 6.07) is 0. The van der Waals surface area contributed by atoms with E-state index in [1.165, 1.54) is 167 Å². The van der Waals surface area contributed by atoms with Crippen LogP contribution in [0.15, 0.2) is 11.3 Å². The maximum absolute atomic E-state index is 13.9. The van der Waals surface area contributed by atoms with Crippen LogP contribution in [0.3, 0.4) is 0 Å². The molecule has 0 aromatic rings. The molecule has 0 saturated carbocycles. The Hall–Kier alpha value is -1.85. The maximum atomic E-state index is 13.9. The Morgan fingerprint density at radius 2 is 0.755 bits per heavy atom. The third-order valence-electron chi connectivity index (χ3n) is 11.5. The van der Waals surface area contributed by atoms with Gasteiger partial charge in [-0.1, -0.05) is 233 Å². The van der Waals surface area contributed by atoms with Crippen molar-refractivity contribution in [2.24, 2.45) is 11.8 Å². The summed E-state index contributed by atoms with van der Waals surface area (Å²) in [7, 11) is 0. The van der Waals surface area contributed by atoms with Crippen LogP contribution in [0.25, 0.3) is 0 Å². The molecule has 1 N–H and O–H groups in total. The Kier molecular flexibility index (Phi) is 33.2. The van der Waals surface area contributed by atoms with Crippen molar-refractivity contribution >= 4 is 17.8 Å². The number of esters is 1. The second-order valence-electron chi connectivity index (χ2n) is 16.6. The summed E-state index contributed by atoms with van der Waals surface area (Å²) in [5, 5.41) is 0. The standard InChI is InChI=1S/C47H87NO5/c1-5-9-13-17-21-23-27-30-34-41(33-29-25-19-15-11-7-3)39-43-44(52-45(49)37-38-46(50)53-48-47(43)51)40-42(35-31-26-20-16-12-8-4)36-32-28-24-22-18-14-10-6-2/h41-42H,5-40H2,1-4H3,(H,48,51)/b44-43-/t41-,42-/m0/s1. The number of hydrogen-bond acceptors (Lipinski definition) is 5. The number of unbranched alkanes of at least 4 members (excludes halogenated alkanes) is 24. The molecule has 0 fully saturated rings. The minimum absolute atomic E-state index is 0.0367. The Labute approximate surface area is 328 Å². The van der Waals surface area contributed by atoms with Crippen molar-refractivity contribution in [3.63, 3.8) is 0 Å². The van der Waals surface area contributed by atoms with E-state index in [2.05, 4.69) is 33.2 Å². The number of carbonyl (C=O) groups excluding carboxylic acids is 3. The van der Waals surface area contributed by atoms with Crippen LogP contribution < -0.4 is 5.48 Å². The van der Waals surface area contributed by atoms with Gasteiger partial charge in [0, 0.05) is 6.42 Å². The average Bonchev–Trinajstić information content (AvgIpc) is 3.15. The largest absolute Gasteiger partial charge is 0.431 e. The molecule has 310 valence electrons. The number of ether oxygens (including phenoxy) is 1. The Morgan fingerprint density at radius 3 is 1.13 bits per heavy atom. The summed E-state index contributed by atoms with van der Waals surface area (Å²) in [6.07, 6.45) is 40.9. The van der Waals surface area contributed by atoms with Crippen LogP contribution in [0.2, 0.25) is 0 Å². The van der Waals surface area contributed by atoms with Gasteiger partial charge in [0.2, 0.25) is 0 Å². The molecule has 0 bridgehead atoms. The Bertz CT molecular complexity index is 930. The highest BCUT2D eigenvalue weighted by Gasteiger charge is 2.28. The summed E-state index contributed by atoms with van der Waals surface area (Å²) in [6.45, 7) is 9.05. The molecule has 0 aliphatic carbocycles. The normalized spacial score (nSPS) is 16.6. The van der Waals surface area contributed by atoms with Crippen molar-refractivity contribution in [2.75, 3.05) is 0 Å². The first-order chi connectivity index (χ1) is 25.9. The molecule has 53 heavy (non-hydrogen) atoms. The lowest BCUT2D eigenvalue weighted by molar-refractivity contribution is -0.159. The van der Waals surface area contributed by atoms with Gasteiger partial charge in [0.05, 0.1) is 18.4 Å². The summed E-state index contributed by atoms with van der Waals surface area (Å²) in [5.41, 5.74) is 3.02. The van der Waals surface area contributed by atoms with E-state index in [0.717, 1.165) is 38.5 Å². The van der Waals surface area contributed by atoms with Crippen molar-refractivity contribution in [3.8, 4) is 0 Å². The molecule has 0 unspecified atom stereocenters. The van der Waals surface area contributed by atoms with E-state index in [9.17, 15) is 14.4 Å². The second kappa shape index (κ2) is 35.8. The van der Waals surface area contributed by atoms with E-state index in [-0.39, 0.29) is 12.8 Å². The third-order valence-corrected chi connectivity index (χ3v) is 11.5. The highest BCUT2D eigenvalue weighted by Crippen LogP contribution is 2.33. The zero-order valence-corrected chi connectivity index (χ0v) is 35.7. The molecule has 1 rings (SSSR count). The van der Waals surface area contributed by atoms with Gasteiger partial charge in [-0.25, -0.2) is 4.79 Å². The molecule has 6 heteroatoms. The molecular formula is C47H87NO5. The number of hydrogen-bond donors (Lipinski definition) is 1. The Balaban J connectivity index is 3.21. The summed E-state index contributed by atoms with van der Waals surface area (Å²) in [4.78, 5) is 44.6. The third kappa shape index (κ3) is 28.3. The predicted octanol–water partition coefficient (Wildman–Crippen LogP) is 14.7. The van der Waals surface area contributed by atoms with Gasteiger partial charge in [-0.05, 0) is 18.3 Å². The number of nitrogens with one attached hydrogen (secondary N) is 1. The quantitative estimate of drug-likeness (QED) is 0.0510. The van der Waals surface area contributed by atoms with E-state index >= 15 is 0 Å². The zero-order valence-electron chi connectivity index (χ0n) is 35.7. The Morgan fingerprint density at radius 1 is 0.434 bits per heavy atom. The fourth-order valence-corrected chi connectivity index (χ4v) is 7.98. The van der Waals surface area contributed by atoms with Crippen LogP contribution in [0, 0.1) is 11.8 Å². The monoisotopic (exact) mass is 746 g/mol. The van der Waals surface area contributed by atoms with Crippen molar-refractivity contribution in [1.82, 2.24) is 5.48 Å². The molecule has 0 spiro atoms. The lowest BCUT2D eigenvalue weighted by atomic mass is 9.85. The smallest absolute Gasteiger partial charge is 0.332 e. The van der Waals surface area contributed by atoms with Gasteiger partial charge in [-0.15, -0.1) is 0 Å².